The van der Waals surface area contributed by atoms with Crippen LogP contribution < -0.4 is 10.2 Å². The molecule has 0 aromatic carbocycles. The molecule has 1 saturated carbocycles. The van der Waals surface area contributed by atoms with Gasteiger partial charge in [-0.05, 0) is 46.6 Å². The maximum absolute atomic E-state index is 12.5. The second-order valence-corrected chi connectivity index (χ2v) is 6.84. The van der Waals surface area contributed by atoms with Crippen LogP contribution in [0.4, 0.5) is 0 Å². The van der Waals surface area contributed by atoms with Crippen molar-refractivity contribution in [1.82, 2.24) is 9.88 Å². The van der Waals surface area contributed by atoms with E-state index in [4.69, 9.17) is 0 Å². The highest BCUT2D eigenvalue weighted by Crippen LogP contribution is 2.38. The molecule has 2 rings (SSSR count). The number of Topliss-reactive ketones (excluding diaryl/α,β-unsaturated/α-hetero) is 1. The van der Waals surface area contributed by atoms with Gasteiger partial charge >= 0.3 is 0 Å². The van der Waals surface area contributed by atoms with Crippen LogP contribution in [0, 0.1) is 13.8 Å². The number of carbonyl (C=O) groups excluding carboxylic acids is 2. The fraction of sp³-hybridized carbons (Fsp3) is 0.647. The number of aromatic nitrogens is 1. The smallest absolute Gasteiger partial charge is 0.275 e. The SMILES string of the molecule is Cc1cc(C(=O)C[NH+](C)CC(=O)NC(C)C)c(C)n1C1CC1. The Morgan fingerprint density at radius 1 is 1.32 bits per heavy atom. The molecule has 1 aliphatic carbocycles. The number of aryl methyl sites for hydroxylation is 1. The molecule has 1 aromatic rings. The Morgan fingerprint density at radius 3 is 2.50 bits per heavy atom. The van der Waals surface area contributed by atoms with Gasteiger partial charge in [0, 0.05) is 29.0 Å². The number of quaternary nitrogens is 1. The third-order valence-electron chi connectivity index (χ3n) is 4.07. The summed E-state index contributed by atoms with van der Waals surface area (Å²) in [6.07, 6.45) is 2.43. The van der Waals surface area contributed by atoms with Crippen molar-refractivity contribution in [3.8, 4) is 0 Å². The molecular formula is C17H28N3O2+. The van der Waals surface area contributed by atoms with Crippen molar-refractivity contribution in [1.29, 1.82) is 0 Å². The summed E-state index contributed by atoms with van der Waals surface area (Å²) in [5.74, 6) is 0.110. The van der Waals surface area contributed by atoms with Gasteiger partial charge in [-0.1, -0.05) is 0 Å². The second-order valence-electron chi connectivity index (χ2n) is 6.84. The lowest BCUT2D eigenvalue weighted by atomic mass is 10.1. The fourth-order valence-corrected chi connectivity index (χ4v) is 3.03. The molecule has 1 aromatic heterocycles. The lowest BCUT2D eigenvalue weighted by Gasteiger charge is -2.14. The average molecular weight is 306 g/mol. The van der Waals surface area contributed by atoms with Gasteiger partial charge < -0.3 is 14.8 Å². The molecule has 1 amide bonds. The Kier molecular flexibility index (Phi) is 5.06. The van der Waals surface area contributed by atoms with Crippen LogP contribution in [-0.2, 0) is 4.79 Å². The van der Waals surface area contributed by atoms with Gasteiger partial charge in [0.15, 0.2) is 6.54 Å². The zero-order valence-electron chi connectivity index (χ0n) is 14.3. The van der Waals surface area contributed by atoms with E-state index in [9.17, 15) is 9.59 Å². The molecule has 0 radical (unpaired) electrons. The van der Waals surface area contributed by atoms with Gasteiger partial charge in [-0.2, -0.15) is 0 Å². The van der Waals surface area contributed by atoms with E-state index in [1.54, 1.807) is 0 Å². The molecule has 22 heavy (non-hydrogen) atoms. The van der Waals surface area contributed by atoms with Crippen molar-refractivity contribution >= 4 is 11.7 Å². The van der Waals surface area contributed by atoms with Gasteiger partial charge in [-0.25, -0.2) is 0 Å². The van der Waals surface area contributed by atoms with E-state index in [0.717, 1.165) is 16.2 Å². The maximum atomic E-state index is 12.5. The van der Waals surface area contributed by atoms with Crippen LogP contribution in [0.25, 0.3) is 0 Å². The highest BCUT2D eigenvalue weighted by atomic mass is 16.2. The quantitative estimate of drug-likeness (QED) is 0.727. The summed E-state index contributed by atoms with van der Waals surface area (Å²) < 4.78 is 2.29. The zero-order valence-corrected chi connectivity index (χ0v) is 14.3. The van der Waals surface area contributed by atoms with Gasteiger partial charge in [0.25, 0.3) is 5.91 Å². The number of nitrogens with zero attached hydrogens (tertiary/aromatic N) is 1. The first-order valence-electron chi connectivity index (χ1n) is 8.12. The van der Waals surface area contributed by atoms with Crippen molar-refractivity contribution in [3.63, 3.8) is 0 Å². The Hall–Kier alpha value is -1.62. The minimum absolute atomic E-state index is 0.0104. The van der Waals surface area contributed by atoms with Crippen LogP contribution in [0.5, 0.6) is 0 Å². The van der Waals surface area contributed by atoms with E-state index in [1.165, 1.54) is 18.5 Å². The zero-order chi connectivity index (χ0) is 16.4. The van der Waals surface area contributed by atoms with Crippen LogP contribution in [0.1, 0.15) is 54.5 Å². The molecular weight excluding hydrogens is 278 g/mol. The molecule has 1 heterocycles. The van der Waals surface area contributed by atoms with Crippen molar-refractivity contribution in [2.75, 3.05) is 20.1 Å². The Balaban J connectivity index is 1.97. The monoisotopic (exact) mass is 306 g/mol. The second kappa shape index (κ2) is 6.65. The summed E-state index contributed by atoms with van der Waals surface area (Å²) in [6, 6.07) is 2.72. The number of nitrogens with one attached hydrogen (secondary N) is 2. The predicted molar refractivity (Wildman–Crippen MR) is 86.4 cm³/mol. The summed E-state index contributed by atoms with van der Waals surface area (Å²) >= 11 is 0. The number of amides is 1. The van der Waals surface area contributed by atoms with Crippen molar-refractivity contribution < 1.29 is 14.5 Å². The first-order chi connectivity index (χ1) is 10.3. The Bertz CT molecular complexity index is 571. The van der Waals surface area contributed by atoms with Gasteiger partial charge in [-0.3, -0.25) is 9.59 Å². The van der Waals surface area contributed by atoms with Gasteiger partial charge in [-0.15, -0.1) is 0 Å². The lowest BCUT2D eigenvalue weighted by molar-refractivity contribution is -0.862. The van der Waals surface area contributed by atoms with E-state index in [0.29, 0.717) is 19.1 Å². The fourth-order valence-electron chi connectivity index (χ4n) is 3.03. The Morgan fingerprint density at radius 2 is 1.95 bits per heavy atom. The predicted octanol–water partition coefficient (Wildman–Crippen LogP) is 0.662. The summed E-state index contributed by atoms with van der Waals surface area (Å²) in [7, 11) is 1.89. The molecule has 122 valence electrons. The number of ketones is 1. The lowest BCUT2D eigenvalue weighted by Crippen LogP contribution is -3.11. The van der Waals surface area contributed by atoms with Crippen molar-refractivity contribution in [2.45, 2.75) is 52.6 Å². The highest BCUT2D eigenvalue weighted by molar-refractivity contribution is 5.98. The van der Waals surface area contributed by atoms with E-state index in [-0.39, 0.29) is 17.7 Å². The number of hydrogen-bond acceptors (Lipinski definition) is 2. The minimum atomic E-state index is -0.0104. The number of rotatable bonds is 7. The van der Waals surface area contributed by atoms with E-state index in [2.05, 4.69) is 16.8 Å². The van der Waals surface area contributed by atoms with E-state index >= 15 is 0 Å². The molecule has 5 heteroatoms. The molecule has 5 nitrogen and oxygen atoms in total. The van der Waals surface area contributed by atoms with Crippen molar-refractivity contribution in [3.05, 3.63) is 23.0 Å². The van der Waals surface area contributed by atoms with Crippen LogP contribution >= 0.6 is 0 Å². The first-order valence-corrected chi connectivity index (χ1v) is 8.12. The minimum Gasteiger partial charge on any atom is -0.349 e. The molecule has 0 spiro atoms. The number of carbonyl (C=O) groups is 2. The molecule has 0 bridgehead atoms. The summed E-state index contributed by atoms with van der Waals surface area (Å²) in [5, 5.41) is 2.86. The molecule has 1 atom stereocenters. The molecule has 1 aliphatic rings. The summed E-state index contributed by atoms with van der Waals surface area (Å²) in [4.78, 5) is 25.2. The molecule has 0 saturated heterocycles. The van der Waals surface area contributed by atoms with Crippen LogP contribution in [-0.4, -0.2) is 42.4 Å². The molecule has 1 unspecified atom stereocenters. The number of likely N-dealkylation sites (N-methyl/N-ethyl adjacent to an activating group) is 1. The first kappa shape index (κ1) is 16.7. The largest absolute Gasteiger partial charge is 0.349 e. The molecule has 1 fully saturated rings. The third kappa shape index (κ3) is 3.97. The van der Waals surface area contributed by atoms with Gasteiger partial charge in [0.2, 0.25) is 5.78 Å². The molecule has 2 N–H and O–H groups in total. The highest BCUT2D eigenvalue weighted by Gasteiger charge is 2.29. The third-order valence-corrected chi connectivity index (χ3v) is 4.07. The topological polar surface area (TPSA) is 55.5 Å². The van der Waals surface area contributed by atoms with Crippen LogP contribution in [0.2, 0.25) is 0 Å². The normalized spacial score (nSPS) is 15.9. The standard InChI is InChI=1S/C17H27N3O2/c1-11(2)18-17(22)10-19(5)9-16(21)15-8-12(3)20(13(15)4)14-6-7-14/h8,11,14H,6-7,9-10H2,1-5H3,(H,18,22)/p+1. The van der Waals surface area contributed by atoms with E-state index in [1.807, 2.05) is 33.9 Å². The van der Waals surface area contributed by atoms with Crippen LogP contribution in [0.3, 0.4) is 0 Å². The van der Waals surface area contributed by atoms with Gasteiger partial charge in [0.05, 0.1) is 7.05 Å². The summed E-state index contributed by atoms with van der Waals surface area (Å²) in [6.45, 7) is 8.64. The summed E-state index contributed by atoms with van der Waals surface area (Å²) in [5.41, 5.74) is 3.05. The number of hydrogen-bond donors (Lipinski definition) is 2. The Labute approximate surface area is 132 Å². The van der Waals surface area contributed by atoms with E-state index < -0.39 is 0 Å². The molecule has 0 aliphatic heterocycles. The average Bonchev–Trinajstić information content (AvgIpc) is 3.14. The maximum Gasteiger partial charge on any atom is 0.275 e. The van der Waals surface area contributed by atoms with Gasteiger partial charge in [0.1, 0.15) is 6.54 Å². The van der Waals surface area contributed by atoms with Crippen molar-refractivity contribution in [2.24, 2.45) is 0 Å². The van der Waals surface area contributed by atoms with Crippen LogP contribution in [0.15, 0.2) is 6.07 Å².